The Kier molecular flexibility index (Phi) is 5.59. The fourth-order valence-corrected chi connectivity index (χ4v) is 2.33. The Labute approximate surface area is 147 Å². The second-order valence-corrected chi connectivity index (χ2v) is 5.70. The summed E-state index contributed by atoms with van der Waals surface area (Å²) in [6, 6.07) is 8.47. The highest BCUT2D eigenvalue weighted by Crippen LogP contribution is 2.27. The molecule has 0 fully saturated rings. The third kappa shape index (κ3) is 4.56. The molecule has 0 bridgehead atoms. The number of carbonyl (C=O) groups excluding carboxylic acids is 1. The number of hydrogen-bond acceptors (Lipinski definition) is 4. The monoisotopic (exact) mass is 367 g/mol. The van der Waals surface area contributed by atoms with Gasteiger partial charge in [-0.25, -0.2) is 9.97 Å². The molecule has 2 rings (SSSR count). The molecule has 1 amide bonds. The minimum Gasteiger partial charge on any atom is -0.481 e. The molecule has 0 saturated carbocycles. The minimum absolute atomic E-state index is 0.0278. The third-order valence-corrected chi connectivity index (χ3v) is 3.68. The van der Waals surface area contributed by atoms with Gasteiger partial charge in [-0.2, -0.15) is 13.2 Å². The van der Waals surface area contributed by atoms with Crippen LogP contribution in [0.15, 0.2) is 36.4 Å². The highest BCUT2D eigenvalue weighted by Gasteiger charge is 2.36. The molecule has 26 heavy (non-hydrogen) atoms. The summed E-state index contributed by atoms with van der Waals surface area (Å²) in [5.41, 5.74) is 0.000868. The average Bonchev–Trinajstić information content (AvgIpc) is 2.58. The summed E-state index contributed by atoms with van der Waals surface area (Å²) in [4.78, 5) is 30.3. The van der Waals surface area contributed by atoms with E-state index in [9.17, 15) is 27.9 Å². The number of benzene rings is 1. The maximum Gasteiger partial charge on any atom is 0.451 e. The van der Waals surface area contributed by atoms with Gasteiger partial charge in [-0.15, -0.1) is 0 Å². The molecule has 1 heterocycles. The Morgan fingerprint density at radius 2 is 1.77 bits per heavy atom. The molecule has 6 nitrogen and oxygen atoms in total. The summed E-state index contributed by atoms with van der Waals surface area (Å²) in [5, 5.41) is 11.7. The molecule has 138 valence electrons. The molecular formula is C17H16F3N3O3. The molecule has 0 saturated heterocycles. The van der Waals surface area contributed by atoms with Gasteiger partial charge < -0.3 is 10.4 Å². The lowest BCUT2D eigenvalue weighted by molar-refractivity contribution is -0.145. The van der Waals surface area contributed by atoms with Crippen LogP contribution < -0.4 is 5.32 Å². The number of carboxylic acids is 1. The molecule has 2 atom stereocenters. The van der Waals surface area contributed by atoms with E-state index in [1.54, 1.807) is 30.3 Å². The second kappa shape index (κ2) is 7.51. The van der Waals surface area contributed by atoms with Crippen LogP contribution in [0, 0.1) is 12.8 Å². The van der Waals surface area contributed by atoms with Crippen molar-refractivity contribution in [2.75, 3.05) is 0 Å². The van der Waals surface area contributed by atoms with E-state index in [0.29, 0.717) is 5.56 Å². The van der Waals surface area contributed by atoms with E-state index < -0.39 is 41.5 Å². The molecule has 2 aromatic rings. The van der Waals surface area contributed by atoms with Gasteiger partial charge >= 0.3 is 12.1 Å². The fraction of sp³-hybridized carbons (Fsp3) is 0.294. The zero-order valence-corrected chi connectivity index (χ0v) is 13.9. The Bertz CT molecular complexity index is 810. The maximum absolute atomic E-state index is 12.8. The van der Waals surface area contributed by atoms with Crippen LogP contribution in [0.2, 0.25) is 0 Å². The average molecular weight is 367 g/mol. The van der Waals surface area contributed by atoms with E-state index in [0.717, 1.165) is 6.07 Å². The molecule has 9 heteroatoms. The lowest BCUT2D eigenvalue weighted by atomic mass is 9.94. The second-order valence-electron chi connectivity index (χ2n) is 5.70. The first kappa shape index (κ1) is 19.4. The quantitative estimate of drug-likeness (QED) is 0.848. The van der Waals surface area contributed by atoms with Crippen LogP contribution in [0.4, 0.5) is 13.2 Å². The van der Waals surface area contributed by atoms with E-state index in [1.165, 1.54) is 13.8 Å². The largest absolute Gasteiger partial charge is 0.481 e. The molecule has 0 aliphatic heterocycles. The molecule has 2 unspecified atom stereocenters. The van der Waals surface area contributed by atoms with Crippen LogP contribution in [-0.2, 0) is 11.0 Å². The summed E-state index contributed by atoms with van der Waals surface area (Å²) in [5.74, 6) is -4.51. The van der Waals surface area contributed by atoms with Crippen molar-refractivity contribution in [1.82, 2.24) is 15.3 Å². The van der Waals surface area contributed by atoms with Gasteiger partial charge in [-0.05, 0) is 25.5 Å². The summed E-state index contributed by atoms with van der Waals surface area (Å²) in [6.45, 7) is 2.70. The summed E-state index contributed by atoms with van der Waals surface area (Å²) >= 11 is 0. The number of halogens is 3. The predicted octanol–water partition coefficient (Wildman–Crippen LogP) is 3.00. The summed E-state index contributed by atoms with van der Waals surface area (Å²) in [6.07, 6.45) is -4.80. The lowest BCUT2D eigenvalue weighted by Gasteiger charge is -2.23. The molecular weight excluding hydrogens is 351 g/mol. The highest BCUT2D eigenvalue weighted by atomic mass is 19.4. The summed E-state index contributed by atoms with van der Waals surface area (Å²) in [7, 11) is 0. The normalized spacial score (nSPS) is 13.7. The van der Waals surface area contributed by atoms with Crippen LogP contribution in [0.25, 0.3) is 0 Å². The molecule has 0 aliphatic rings. The number of carbonyl (C=O) groups is 2. The first-order valence-electron chi connectivity index (χ1n) is 7.61. The van der Waals surface area contributed by atoms with E-state index >= 15 is 0 Å². The van der Waals surface area contributed by atoms with Crippen molar-refractivity contribution in [3.63, 3.8) is 0 Å². The number of hydrogen-bond donors (Lipinski definition) is 2. The first-order chi connectivity index (χ1) is 12.1. The van der Waals surface area contributed by atoms with E-state index in [1.807, 2.05) is 0 Å². The number of aryl methyl sites for hydroxylation is 1. The topological polar surface area (TPSA) is 92.2 Å². The van der Waals surface area contributed by atoms with Crippen LogP contribution in [0.1, 0.15) is 40.5 Å². The standard InChI is InChI=1S/C17H16F3N3O3/c1-9-8-12(22-16(21-9)17(18,19)20)14(24)23-13(10(2)15(25)26)11-6-4-3-5-7-11/h3-8,10,13H,1-2H3,(H,23,24)(H,25,26). The van der Waals surface area contributed by atoms with Crippen molar-refractivity contribution < 1.29 is 27.9 Å². The van der Waals surface area contributed by atoms with Crippen molar-refractivity contribution in [2.45, 2.75) is 26.1 Å². The van der Waals surface area contributed by atoms with Crippen LogP contribution in [-0.4, -0.2) is 27.0 Å². The van der Waals surface area contributed by atoms with Crippen molar-refractivity contribution in [3.05, 3.63) is 59.2 Å². The third-order valence-electron chi connectivity index (χ3n) is 3.68. The number of aliphatic carboxylic acids is 1. The molecule has 1 aromatic carbocycles. The minimum atomic E-state index is -4.80. The van der Waals surface area contributed by atoms with Crippen molar-refractivity contribution in [3.8, 4) is 0 Å². The zero-order valence-electron chi connectivity index (χ0n) is 13.9. The van der Waals surface area contributed by atoms with Gasteiger partial charge in [0.15, 0.2) is 0 Å². The van der Waals surface area contributed by atoms with Gasteiger partial charge in [0, 0.05) is 5.69 Å². The number of rotatable bonds is 5. The molecule has 1 aromatic heterocycles. The lowest BCUT2D eigenvalue weighted by Crippen LogP contribution is -2.36. The molecule has 0 aliphatic carbocycles. The van der Waals surface area contributed by atoms with Gasteiger partial charge in [0.05, 0.1) is 12.0 Å². The first-order valence-corrected chi connectivity index (χ1v) is 7.61. The zero-order chi connectivity index (χ0) is 19.5. The fourth-order valence-electron chi connectivity index (χ4n) is 2.33. The molecule has 0 radical (unpaired) electrons. The maximum atomic E-state index is 12.8. The van der Waals surface area contributed by atoms with Gasteiger partial charge in [-0.3, -0.25) is 9.59 Å². The predicted molar refractivity (Wildman–Crippen MR) is 85.2 cm³/mol. The number of aromatic nitrogens is 2. The van der Waals surface area contributed by atoms with Crippen molar-refractivity contribution in [2.24, 2.45) is 5.92 Å². The number of amides is 1. The molecule has 2 N–H and O–H groups in total. The van der Waals surface area contributed by atoms with E-state index in [-0.39, 0.29) is 5.69 Å². The van der Waals surface area contributed by atoms with E-state index in [4.69, 9.17) is 0 Å². The summed E-state index contributed by atoms with van der Waals surface area (Å²) < 4.78 is 38.5. The van der Waals surface area contributed by atoms with Crippen LogP contribution in [0.3, 0.4) is 0 Å². The Morgan fingerprint density at radius 1 is 1.15 bits per heavy atom. The van der Waals surface area contributed by atoms with Gasteiger partial charge in [0.25, 0.3) is 5.91 Å². The number of nitrogens with one attached hydrogen (secondary N) is 1. The number of carboxylic acid groups (broad SMARTS) is 1. The van der Waals surface area contributed by atoms with Crippen LogP contribution in [0.5, 0.6) is 0 Å². The van der Waals surface area contributed by atoms with Gasteiger partial charge in [0.1, 0.15) is 5.69 Å². The van der Waals surface area contributed by atoms with Gasteiger partial charge in [0.2, 0.25) is 5.82 Å². The SMILES string of the molecule is Cc1cc(C(=O)NC(c2ccccc2)C(C)C(=O)O)nc(C(F)(F)F)n1. The van der Waals surface area contributed by atoms with E-state index in [2.05, 4.69) is 15.3 Å². The number of nitrogens with zero attached hydrogens (tertiary/aromatic N) is 2. The number of alkyl halides is 3. The molecule has 0 spiro atoms. The Hall–Kier alpha value is -2.97. The Balaban J connectivity index is 2.36. The van der Waals surface area contributed by atoms with Crippen LogP contribution >= 0.6 is 0 Å². The smallest absolute Gasteiger partial charge is 0.451 e. The Morgan fingerprint density at radius 3 is 2.31 bits per heavy atom. The highest BCUT2D eigenvalue weighted by molar-refractivity contribution is 5.93. The van der Waals surface area contributed by atoms with Crippen molar-refractivity contribution >= 4 is 11.9 Å². The van der Waals surface area contributed by atoms with Gasteiger partial charge in [-0.1, -0.05) is 30.3 Å². The van der Waals surface area contributed by atoms with Crippen molar-refractivity contribution in [1.29, 1.82) is 0 Å².